The number of hydrogen-bond donors (Lipinski definition) is 2. The number of aromatic nitrogens is 2. The highest BCUT2D eigenvalue weighted by Gasteiger charge is 2.09. The standard InChI is InChI=1S/C14H13BrN4S/c1-7-5-9(6-8(2)11(7)15)17-12-10-3-4-20-13(10)19-14(16)18-12/h3-6H,1-2H3,(H3,16,17,18,19). The van der Waals surface area contributed by atoms with E-state index in [1.165, 1.54) is 11.1 Å². The van der Waals surface area contributed by atoms with Gasteiger partial charge in [0.2, 0.25) is 5.95 Å². The topological polar surface area (TPSA) is 63.8 Å². The molecule has 20 heavy (non-hydrogen) atoms. The number of nitrogens with two attached hydrogens (primary N) is 1. The molecule has 0 aliphatic heterocycles. The van der Waals surface area contributed by atoms with Gasteiger partial charge in [0.05, 0.1) is 5.39 Å². The van der Waals surface area contributed by atoms with Crippen LogP contribution in [0.25, 0.3) is 10.2 Å². The highest BCUT2D eigenvalue weighted by molar-refractivity contribution is 9.10. The molecular formula is C14H13BrN4S. The molecule has 0 saturated heterocycles. The zero-order valence-electron chi connectivity index (χ0n) is 11.1. The summed E-state index contributed by atoms with van der Waals surface area (Å²) in [6.07, 6.45) is 0. The molecule has 0 aliphatic rings. The summed E-state index contributed by atoms with van der Waals surface area (Å²) in [6.45, 7) is 4.13. The van der Waals surface area contributed by atoms with E-state index in [1.54, 1.807) is 11.3 Å². The van der Waals surface area contributed by atoms with Gasteiger partial charge in [-0.15, -0.1) is 11.3 Å². The first kappa shape index (κ1) is 13.3. The predicted octanol–water partition coefficient (Wildman–Crippen LogP) is 4.40. The van der Waals surface area contributed by atoms with Gasteiger partial charge in [-0.05, 0) is 48.6 Å². The summed E-state index contributed by atoms with van der Waals surface area (Å²) in [5.74, 6) is 1.03. The summed E-state index contributed by atoms with van der Waals surface area (Å²) in [4.78, 5) is 9.42. The molecule has 4 nitrogen and oxygen atoms in total. The normalized spacial score (nSPS) is 10.9. The van der Waals surface area contributed by atoms with Crippen molar-refractivity contribution in [3.8, 4) is 0 Å². The molecule has 0 bridgehead atoms. The third kappa shape index (κ3) is 2.36. The first-order chi connectivity index (χ1) is 9.54. The second-order valence-corrected chi connectivity index (χ2v) is 6.31. The number of nitrogen functional groups attached to an aromatic ring is 1. The fourth-order valence-electron chi connectivity index (χ4n) is 2.12. The zero-order valence-corrected chi connectivity index (χ0v) is 13.5. The van der Waals surface area contributed by atoms with Crippen molar-refractivity contribution in [1.82, 2.24) is 9.97 Å². The van der Waals surface area contributed by atoms with Gasteiger partial charge in [-0.1, -0.05) is 15.9 Å². The van der Waals surface area contributed by atoms with Crippen molar-refractivity contribution in [3.05, 3.63) is 39.2 Å². The molecule has 0 fully saturated rings. The average molecular weight is 349 g/mol. The average Bonchev–Trinajstić information content (AvgIpc) is 2.84. The van der Waals surface area contributed by atoms with Crippen molar-refractivity contribution in [2.75, 3.05) is 11.1 Å². The van der Waals surface area contributed by atoms with Crippen molar-refractivity contribution in [2.24, 2.45) is 0 Å². The Balaban J connectivity index is 2.07. The van der Waals surface area contributed by atoms with E-state index >= 15 is 0 Å². The first-order valence-electron chi connectivity index (χ1n) is 6.09. The number of nitrogens with zero attached hydrogens (tertiary/aromatic N) is 2. The highest BCUT2D eigenvalue weighted by Crippen LogP contribution is 2.30. The van der Waals surface area contributed by atoms with Gasteiger partial charge < -0.3 is 11.1 Å². The van der Waals surface area contributed by atoms with Crippen LogP contribution in [0.15, 0.2) is 28.1 Å². The molecule has 1 aromatic carbocycles. The van der Waals surface area contributed by atoms with E-state index in [1.807, 2.05) is 11.4 Å². The number of rotatable bonds is 2. The third-order valence-corrected chi connectivity index (χ3v) is 5.10. The van der Waals surface area contributed by atoms with Crippen molar-refractivity contribution in [1.29, 1.82) is 0 Å². The van der Waals surface area contributed by atoms with Crippen LogP contribution in [-0.4, -0.2) is 9.97 Å². The fraction of sp³-hybridized carbons (Fsp3) is 0.143. The SMILES string of the molecule is Cc1cc(Nc2nc(N)nc3sccc23)cc(C)c1Br. The number of halogens is 1. The molecule has 3 rings (SSSR count). The lowest BCUT2D eigenvalue weighted by atomic mass is 10.1. The van der Waals surface area contributed by atoms with E-state index in [4.69, 9.17) is 5.73 Å². The lowest BCUT2D eigenvalue weighted by Gasteiger charge is -2.11. The molecule has 0 unspecified atom stereocenters. The molecule has 2 aromatic heterocycles. The van der Waals surface area contributed by atoms with Crippen LogP contribution < -0.4 is 11.1 Å². The van der Waals surface area contributed by atoms with Crippen LogP contribution in [0.3, 0.4) is 0 Å². The maximum Gasteiger partial charge on any atom is 0.223 e. The van der Waals surface area contributed by atoms with Crippen LogP contribution in [-0.2, 0) is 0 Å². The maximum atomic E-state index is 5.76. The Kier molecular flexibility index (Phi) is 3.35. The number of anilines is 3. The Morgan fingerprint density at radius 3 is 2.60 bits per heavy atom. The monoisotopic (exact) mass is 348 g/mol. The summed E-state index contributed by atoms with van der Waals surface area (Å²) in [5.41, 5.74) is 9.11. The van der Waals surface area contributed by atoms with Gasteiger partial charge in [-0.25, -0.2) is 4.98 Å². The van der Waals surface area contributed by atoms with Gasteiger partial charge in [0, 0.05) is 10.2 Å². The summed E-state index contributed by atoms with van der Waals surface area (Å²) in [6, 6.07) is 6.15. The van der Waals surface area contributed by atoms with Gasteiger partial charge in [0.25, 0.3) is 0 Å². The van der Waals surface area contributed by atoms with Gasteiger partial charge in [-0.3, -0.25) is 0 Å². The zero-order chi connectivity index (χ0) is 14.3. The molecule has 0 atom stereocenters. The third-order valence-electron chi connectivity index (χ3n) is 3.04. The van der Waals surface area contributed by atoms with E-state index < -0.39 is 0 Å². The van der Waals surface area contributed by atoms with Crippen molar-refractivity contribution < 1.29 is 0 Å². The van der Waals surface area contributed by atoms with E-state index in [0.717, 1.165) is 26.2 Å². The molecule has 6 heteroatoms. The molecule has 0 spiro atoms. The second kappa shape index (κ2) is 5.03. The molecule has 0 amide bonds. The lowest BCUT2D eigenvalue weighted by Crippen LogP contribution is -2.00. The number of hydrogen-bond acceptors (Lipinski definition) is 5. The predicted molar refractivity (Wildman–Crippen MR) is 88.7 cm³/mol. The minimum atomic E-state index is 0.285. The number of fused-ring (bicyclic) bond motifs is 1. The van der Waals surface area contributed by atoms with Gasteiger partial charge in [0.1, 0.15) is 10.6 Å². The largest absolute Gasteiger partial charge is 0.368 e. The first-order valence-corrected chi connectivity index (χ1v) is 7.76. The minimum absolute atomic E-state index is 0.285. The summed E-state index contributed by atoms with van der Waals surface area (Å²) in [5, 5.41) is 6.31. The number of benzene rings is 1. The van der Waals surface area contributed by atoms with Crippen LogP contribution >= 0.6 is 27.3 Å². The lowest BCUT2D eigenvalue weighted by molar-refractivity contribution is 1.24. The minimum Gasteiger partial charge on any atom is -0.368 e. The quantitative estimate of drug-likeness (QED) is 0.720. The highest BCUT2D eigenvalue weighted by atomic mass is 79.9. The molecule has 0 saturated carbocycles. The molecule has 0 aliphatic carbocycles. The molecule has 0 radical (unpaired) electrons. The Morgan fingerprint density at radius 1 is 1.20 bits per heavy atom. The van der Waals surface area contributed by atoms with E-state index in [2.05, 4.69) is 57.2 Å². The van der Waals surface area contributed by atoms with Crippen LogP contribution in [0.1, 0.15) is 11.1 Å². The smallest absolute Gasteiger partial charge is 0.223 e. The Morgan fingerprint density at radius 2 is 1.90 bits per heavy atom. The second-order valence-electron chi connectivity index (χ2n) is 4.62. The van der Waals surface area contributed by atoms with Crippen molar-refractivity contribution in [3.63, 3.8) is 0 Å². The molecule has 102 valence electrons. The van der Waals surface area contributed by atoms with Crippen molar-refractivity contribution >= 4 is 54.9 Å². The Hall–Kier alpha value is -1.66. The summed E-state index contributed by atoms with van der Waals surface area (Å²) in [7, 11) is 0. The van der Waals surface area contributed by atoms with Crippen molar-refractivity contribution in [2.45, 2.75) is 13.8 Å². The molecule has 2 heterocycles. The Bertz CT molecular complexity index is 774. The van der Waals surface area contributed by atoms with Gasteiger partial charge in [-0.2, -0.15) is 4.98 Å². The number of aryl methyl sites for hydroxylation is 2. The van der Waals surface area contributed by atoms with Gasteiger partial charge >= 0.3 is 0 Å². The summed E-state index contributed by atoms with van der Waals surface area (Å²) < 4.78 is 1.13. The molecule has 3 N–H and O–H groups in total. The van der Waals surface area contributed by atoms with Crippen LogP contribution in [0.5, 0.6) is 0 Å². The Labute approximate surface area is 129 Å². The van der Waals surface area contributed by atoms with E-state index in [9.17, 15) is 0 Å². The van der Waals surface area contributed by atoms with Gasteiger partial charge in [0.15, 0.2) is 0 Å². The van der Waals surface area contributed by atoms with Crippen LogP contribution in [0.2, 0.25) is 0 Å². The van der Waals surface area contributed by atoms with Crippen LogP contribution in [0, 0.1) is 13.8 Å². The fourth-order valence-corrected chi connectivity index (χ4v) is 3.12. The number of nitrogens with one attached hydrogen (secondary N) is 1. The summed E-state index contributed by atoms with van der Waals surface area (Å²) >= 11 is 5.13. The number of thiophene rings is 1. The maximum absolute atomic E-state index is 5.76. The molecule has 3 aromatic rings. The van der Waals surface area contributed by atoms with Crippen LogP contribution in [0.4, 0.5) is 17.5 Å². The van der Waals surface area contributed by atoms with E-state index in [0.29, 0.717) is 0 Å². The van der Waals surface area contributed by atoms with E-state index in [-0.39, 0.29) is 5.95 Å². The molecular weight excluding hydrogens is 336 g/mol.